The van der Waals surface area contributed by atoms with Crippen LogP contribution in [0.4, 0.5) is 5.82 Å². The Morgan fingerprint density at radius 1 is 1.42 bits per heavy atom. The summed E-state index contributed by atoms with van der Waals surface area (Å²) in [5.41, 5.74) is 0. The fraction of sp³-hybridized carbons (Fsp3) is 0.500. The van der Waals surface area contributed by atoms with Crippen LogP contribution in [0.2, 0.25) is 0 Å². The SMILES string of the molecule is Cc1noc(CN(C)C2CN(c3cnccn3)C2)n1. The summed E-state index contributed by atoms with van der Waals surface area (Å²) in [5.74, 6) is 2.27. The van der Waals surface area contributed by atoms with Gasteiger partial charge in [0, 0.05) is 31.5 Å². The first-order valence-corrected chi connectivity index (χ1v) is 6.23. The zero-order chi connectivity index (χ0) is 13.2. The molecule has 100 valence electrons. The van der Waals surface area contributed by atoms with Crippen LogP contribution in [0.25, 0.3) is 0 Å². The molecule has 0 atom stereocenters. The van der Waals surface area contributed by atoms with Crippen LogP contribution in [0.1, 0.15) is 11.7 Å². The van der Waals surface area contributed by atoms with E-state index in [0.717, 1.165) is 18.9 Å². The van der Waals surface area contributed by atoms with Crippen LogP contribution in [0.15, 0.2) is 23.1 Å². The smallest absolute Gasteiger partial charge is 0.240 e. The van der Waals surface area contributed by atoms with Gasteiger partial charge in [-0.2, -0.15) is 4.98 Å². The zero-order valence-electron chi connectivity index (χ0n) is 11.0. The number of anilines is 1. The highest BCUT2D eigenvalue weighted by Crippen LogP contribution is 2.20. The Balaban J connectivity index is 1.53. The maximum absolute atomic E-state index is 5.13. The van der Waals surface area contributed by atoms with Gasteiger partial charge in [0.1, 0.15) is 5.82 Å². The molecule has 3 heterocycles. The van der Waals surface area contributed by atoms with Crippen molar-refractivity contribution in [2.75, 3.05) is 25.0 Å². The molecule has 0 N–H and O–H groups in total. The summed E-state index contributed by atoms with van der Waals surface area (Å²) in [6, 6.07) is 0.481. The maximum atomic E-state index is 5.13. The monoisotopic (exact) mass is 260 g/mol. The fourth-order valence-electron chi connectivity index (χ4n) is 2.12. The number of hydrogen-bond donors (Lipinski definition) is 0. The lowest BCUT2D eigenvalue weighted by atomic mass is 10.1. The molecule has 2 aromatic heterocycles. The van der Waals surface area contributed by atoms with Crippen LogP contribution >= 0.6 is 0 Å². The molecule has 2 aromatic rings. The maximum Gasteiger partial charge on any atom is 0.240 e. The van der Waals surface area contributed by atoms with Crippen molar-refractivity contribution in [3.8, 4) is 0 Å². The summed E-state index contributed by atoms with van der Waals surface area (Å²) in [4.78, 5) is 17.0. The minimum Gasteiger partial charge on any atom is -0.352 e. The number of aromatic nitrogens is 4. The van der Waals surface area contributed by atoms with Crippen LogP contribution < -0.4 is 4.90 Å². The number of hydrogen-bond acceptors (Lipinski definition) is 7. The van der Waals surface area contributed by atoms with Gasteiger partial charge in [0.05, 0.1) is 12.7 Å². The number of nitrogens with zero attached hydrogens (tertiary/aromatic N) is 6. The van der Waals surface area contributed by atoms with Crippen molar-refractivity contribution in [3.05, 3.63) is 30.3 Å². The van der Waals surface area contributed by atoms with E-state index in [1.165, 1.54) is 0 Å². The van der Waals surface area contributed by atoms with E-state index < -0.39 is 0 Å². The van der Waals surface area contributed by atoms with Crippen molar-refractivity contribution in [1.82, 2.24) is 25.0 Å². The van der Waals surface area contributed by atoms with Gasteiger partial charge in [-0.3, -0.25) is 9.88 Å². The van der Waals surface area contributed by atoms with E-state index in [9.17, 15) is 0 Å². The number of likely N-dealkylation sites (N-methyl/N-ethyl adjacent to an activating group) is 1. The summed E-state index contributed by atoms with van der Waals surface area (Å²) in [5, 5.41) is 3.79. The van der Waals surface area contributed by atoms with Crippen molar-refractivity contribution in [2.45, 2.75) is 19.5 Å². The van der Waals surface area contributed by atoms with Crippen molar-refractivity contribution in [3.63, 3.8) is 0 Å². The third-order valence-corrected chi connectivity index (χ3v) is 3.31. The molecule has 1 aliphatic rings. The molecular weight excluding hydrogens is 244 g/mol. The second-order valence-electron chi connectivity index (χ2n) is 4.77. The Kier molecular flexibility index (Phi) is 3.12. The standard InChI is InChI=1S/C12H16N6O/c1-9-15-12(19-16-9)8-17(2)10-6-18(7-10)11-5-13-3-4-14-11/h3-5,10H,6-8H2,1-2H3. The van der Waals surface area contributed by atoms with Crippen LogP contribution in [-0.4, -0.2) is 51.2 Å². The normalized spacial score (nSPS) is 15.8. The molecule has 0 radical (unpaired) electrons. The van der Waals surface area contributed by atoms with E-state index in [2.05, 4.69) is 37.0 Å². The molecular formula is C12H16N6O. The van der Waals surface area contributed by atoms with Gasteiger partial charge in [-0.25, -0.2) is 4.98 Å². The minimum absolute atomic E-state index is 0.481. The van der Waals surface area contributed by atoms with Gasteiger partial charge in [0.15, 0.2) is 5.82 Å². The van der Waals surface area contributed by atoms with Crippen molar-refractivity contribution in [2.24, 2.45) is 0 Å². The summed E-state index contributed by atoms with van der Waals surface area (Å²) < 4.78 is 5.13. The molecule has 1 saturated heterocycles. The molecule has 3 rings (SSSR count). The third-order valence-electron chi connectivity index (χ3n) is 3.31. The van der Waals surface area contributed by atoms with E-state index in [0.29, 0.717) is 24.3 Å². The van der Waals surface area contributed by atoms with Crippen molar-refractivity contribution < 1.29 is 4.52 Å². The molecule has 0 aliphatic carbocycles. The highest BCUT2D eigenvalue weighted by atomic mass is 16.5. The average Bonchev–Trinajstić information content (AvgIpc) is 2.74. The Labute approximate surface area is 111 Å². The summed E-state index contributed by atoms with van der Waals surface area (Å²) >= 11 is 0. The molecule has 1 aliphatic heterocycles. The highest BCUT2D eigenvalue weighted by molar-refractivity contribution is 5.39. The van der Waals surface area contributed by atoms with E-state index >= 15 is 0 Å². The Morgan fingerprint density at radius 3 is 2.89 bits per heavy atom. The van der Waals surface area contributed by atoms with Crippen molar-refractivity contribution >= 4 is 5.82 Å². The lowest BCUT2D eigenvalue weighted by Gasteiger charge is -2.44. The van der Waals surface area contributed by atoms with Crippen LogP contribution in [0.5, 0.6) is 0 Å². The highest BCUT2D eigenvalue weighted by Gasteiger charge is 2.31. The zero-order valence-corrected chi connectivity index (χ0v) is 11.0. The molecule has 0 unspecified atom stereocenters. The van der Waals surface area contributed by atoms with Gasteiger partial charge in [0.25, 0.3) is 0 Å². The first-order chi connectivity index (χ1) is 9.22. The molecule has 7 nitrogen and oxygen atoms in total. The van der Waals surface area contributed by atoms with Crippen LogP contribution in [0.3, 0.4) is 0 Å². The molecule has 0 aromatic carbocycles. The molecule has 7 heteroatoms. The third kappa shape index (κ3) is 2.55. The first kappa shape index (κ1) is 12.0. The summed E-state index contributed by atoms with van der Waals surface area (Å²) in [7, 11) is 2.07. The molecule has 0 saturated carbocycles. The second kappa shape index (κ2) is 4.93. The van der Waals surface area contributed by atoms with Crippen molar-refractivity contribution in [1.29, 1.82) is 0 Å². The predicted molar refractivity (Wildman–Crippen MR) is 68.5 cm³/mol. The molecule has 1 fully saturated rings. The first-order valence-electron chi connectivity index (χ1n) is 6.23. The van der Waals surface area contributed by atoms with Gasteiger partial charge in [-0.1, -0.05) is 5.16 Å². The predicted octanol–water partition coefficient (Wildman–Crippen LogP) is 0.489. The van der Waals surface area contributed by atoms with E-state index in [1.54, 1.807) is 18.6 Å². The van der Waals surface area contributed by atoms with Gasteiger partial charge in [-0.05, 0) is 14.0 Å². The Hall–Kier alpha value is -2.02. The van der Waals surface area contributed by atoms with Gasteiger partial charge < -0.3 is 9.42 Å². The topological polar surface area (TPSA) is 71.2 Å². The lowest BCUT2D eigenvalue weighted by molar-refractivity contribution is 0.174. The molecule has 0 bridgehead atoms. The Morgan fingerprint density at radius 2 is 2.26 bits per heavy atom. The van der Waals surface area contributed by atoms with Gasteiger partial charge in [-0.15, -0.1) is 0 Å². The van der Waals surface area contributed by atoms with E-state index in [-0.39, 0.29) is 0 Å². The molecule has 19 heavy (non-hydrogen) atoms. The van der Waals surface area contributed by atoms with Gasteiger partial charge in [0.2, 0.25) is 5.89 Å². The van der Waals surface area contributed by atoms with E-state index in [4.69, 9.17) is 4.52 Å². The summed E-state index contributed by atoms with van der Waals surface area (Å²) in [6.45, 7) is 4.40. The van der Waals surface area contributed by atoms with Gasteiger partial charge >= 0.3 is 0 Å². The number of rotatable bonds is 4. The Bertz CT molecular complexity index is 536. The number of aryl methyl sites for hydroxylation is 1. The van der Waals surface area contributed by atoms with Crippen LogP contribution in [0, 0.1) is 6.92 Å². The quantitative estimate of drug-likeness (QED) is 0.792. The largest absolute Gasteiger partial charge is 0.352 e. The second-order valence-corrected chi connectivity index (χ2v) is 4.77. The fourth-order valence-corrected chi connectivity index (χ4v) is 2.12. The average molecular weight is 260 g/mol. The van der Waals surface area contributed by atoms with E-state index in [1.807, 2.05) is 6.92 Å². The minimum atomic E-state index is 0.481. The molecule has 0 amide bonds. The summed E-state index contributed by atoms with van der Waals surface area (Å²) in [6.07, 6.45) is 5.19. The molecule has 0 spiro atoms. The van der Waals surface area contributed by atoms with Crippen LogP contribution in [-0.2, 0) is 6.54 Å². The lowest BCUT2D eigenvalue weighted by Crippen LogP contribution is -2.58.